The molecule has 0 saturated carbocycles. The smallest absolute Gasteiger partial charge is 0.0766 e. The van der Waals surface area contributed by atoms with Crippen LogP contribution in [0.3, 0.4) is 0 Å². The van der Waals surface area contributed by atoms with Gasteiger partial charge in [0.25, 0.3) is 0 Å². The third-order valence-corrected chi connectivity index (χ3v) is 4.59. The summed E-state index contributed by atoms with van der Waals surface area (Å²) in [6, 6.07) is 0. The van der Waals surface area contributed by atoms with Gasteiger partial charge in [0.05, 0.1) is 15.9 Å². The van der Waals surface area contributed by atoms with E-state index in [1.54, 1.807) is 0 Å². The average Bonchev–Trinajstić information content (AvgIpc) is 2.69. The highest BCUT2D eigenvalue weighted by Crippen LogP contribution is 2.25. The van der Waals surface area contributed by atoms with Crippen molar-refractivity contribution in [3.8, 4) is 0 Å². The predicted octanol–water partition coefficient (Wildman–Crippen LogP) is 4.18. The van der Waals surface area contributed by atoms with Gasteiger partial charge >= 0.3 is 0 Å². The van der Waals surface area contributed by atoms with E-state index in [0.29, 0.717) is 5.92 Å². The Labute approximate surface area is 132 Å². The van der Waals surface area contributed by atoms with Crippen LogP contribution < -0.4 is 5.32 Å². The Balaban J connectivity index is 2.81. The zero-order valence-corrected chi connectivity index (χ0v) is 15.5. The van der Waals surface area contributed by atoms with Crippen molar-refractivity contribution in [2.45, 2.75) is 72.9 Å². The molecule has 1 aromatic heterocycles. The molecule has 0 saturated heterocycles. The minimum atomic E-state index is 0.185. The summed E-state index contributed by atoms with van der Waals surface area (Å²) >= 11 is 3.75. The van der Waals surface area contributed by atoms with Gasteiger partial charge in [0, 0.05) is 12.1 Å². The second-order valence-electron chi connectivity index (χ2n) is 6.49. The molecule has 1 rings (SSSR count). The second-order valence-corrected chi connectivity index (χ2v) is 7.28. The Hall–Kier alpha value is -0.350. The molecule has 116 valence electrons. The van der Waals surface area contributed by atoms with E-state index in [4.69, 9.17) is 5.10 Å². The fourth-order valence-corrected chi connectivity index (χ4v) is 3.02. The summed E-state index contributed by atoms with van der Waals surface area (Å²) in [5.74, 6) is 0.650. The highest BCUT2D eigenvalue weighted by Gasteiger charge is 2.19. The van der Waals surface area contributed by atoms with E-state index >= 15 is 0 Å². The molecule has 4 heteroatoms. The topological polar surface area (TPSA) is 29.9 Å². The van der Waals surface area contributed by atoms with Crippen molar-refractivity contribution >= 4 is 15.9 Å². The third-order valence-electron chi connectivity index (χ3n) is 3.67. The van der Waals surface area contributed by atoms with Crippen molar-refractivity contribution in [3.63, 3.8) is 0 Å². The first-order chi connectivity index (χ1) is 9.32. The molecule has 0 aliphatic rings. The number of aryl methyl sites for hydroxylation is 2. The lowest BCUT2D eigenvalue weighted by molar-refractivity contribution is 0.358. The van der Waals surface area contributed by atoms with Gasteiger partial charge in [-0.1, -0.05) is 20.3 Å². The summed E-state index contributed by atoms with van der Waals surface area (Å²) in [5, 5.41) is 8.32. The minimum absolute atomic E-state index is 0.185. The molecule has 0 bridgehead atoms. The summed E-state index contributed by atoms with van der Waals surface area (Å²) in [6.07, 6.45) is 3.25. The summed E-state index contributed by atoms with van der Waals surface area (Å²) in [7, 11) is 0. The number of hydrogen-bond donors (Lipinski definition) is 1. The van der Waals surface area contributed by atoms with E-state index in [0.717, 1.165) is 25.9 Å². The first kappa shape index (κ1) is 17.7. The molecule has 1 N–H and O–H groups in total. The lowest BCUT2D eigenvalue weighted by atomic mass is 9.98. The molecule has 0 aliphatic carbocycles. The molecule has 1 unspecified atom stereocenters. The molecular weight excluding hydrogens is 314 g/mol. The van der Waals surface area contributed by atoms with E-state index in [1.807, 2.05) is 0 Å². The number of rotatable bonds is 7. The van der Waals surface area contributed by atoms with Gasteiger partial charge in [-0.2, -0.15) is 5.10 Å². The SMILES string of the molecule is CCc1nn(CC)c(CC(CC)CNC(C)(C)C)c1Br. The monoisotopic (exact) mass is 343 g/mol. The van der Waals surface area contributed by atoms with Crippen LogP contribution in [0.2, 0.25) is 0 Å². The average molecular weight is 344 g/mol. The fourth-order valence-electron chi connectivity index (χ4n) is 2.30. The Morgan fingerprint density at radius 2 is 1.90 bits per heavy atom. The van der Waals surface area contributed by atoms with Gasteiger partial charge in [-0.15, -0.1) is 0 Å². The van der Waals surface area contributed by atoms with Crippen molar-refractivity contribution in [2.75, 3.05) is 6.54 Å². The lowest BCUT2D eigenvalue weighted by Crippen LogP contribution is -2.39. The van der Waals surface area contributed by atoms with E-state index in [-0.39, 0.29) is 5.54 Å². The Morgan fingerprint density at radius 1 is 1.25 bits per heavy atom. The number of nitrogens with one attached hydrogen (secondary N) is 1. The van der Waals surface area contributed by atoms with Gasteiger partial charge in [-0.3, -0.25) is 4.68 Å². The molecule has 0 fully saturated rings. The zero-order valence-electron chi connectivity index (χ0n) is 13.9. The maximum Gasteiger partial charge on any atom is 0.0766 e. The van der Waals surface area contributed by atoms with Gasteiger partial charge in [-0.05, 0) is 68.9 Å². The molecular formula is C16H30BrN3. The highest BCUT2D eigenvalue weighted by atomic mass is 79.9. The van der Waals surface area contributed by atoms with Crippen molar-refractivity contribution in [2.24, 2.45) is 5.92 Å². The first-order valence-electron chi connectivity index (χ1n) is 7.81. The van der Waals surface area contributed by atoms with E-state index in [1.165, 1.54) is 22.3 Å². The van der Waals surface area contributed by atoms with Crippen LogP contribution in [0.4, 0.5) is 0 Å². The Bertz CT molecular complexity index is 418. The molecule has 0 aliphatic heterocycles. The van der Waals surface area contributed by atoms with Crippen molar-refractivity contribution in [3.05, 3.63) is 15.9 Å². The standard InChI is InChI=1S/C16H30BrN3/c1-7-12(11-18-16(4,5)6)10-14-15(17)13(8-2)19-20(14)9-3/h12,18H,7-11H2,1-6H3. The van der Waals surface area contributed by atoms with Crippen LogP contribution in [0.25, 0.3) is 0 Å². The van der Waals surface area contributed by atoms with E-state index in [9.17, 15) is 0 Å². The number of aromatic nitrogens is 2. The fraction of sp³-hybridized carbons (Fsp3) is 0.812. The lowest BCUT2D eigenvalue weighted by Gasteiger charge is -2.25. The number of halogens is 1. The molecule has 0 aromatic carbocycles. The van der Waals surface area contributed by atoms with Crippen molar-refractivity contribution < 1.29 is 0 Å². The van der Waals surface area contributed by atoms with Gasteiger partial charge in [0.1, 0.15) is 0 Å². The van der Waals surface area contributed by atoms with E-state index in [2.05, 4.69) is 67.5 Å². The summed E-state index contributed by atoms with van der Waals surface area (Å²) in [6.45, 7) is 15.3. The quantitative estimate of drug-likeness (QED) is 0.804. The number of hydrogen-bond acceptors (Lipinski definition) is 2. The molecule has 0 spiro atoms. The largest absolute Gasteiger partial charge is 0.312 e. The summed E-state index contributed by atoms with van der Waals surface area (Å²) < 4.78 is 3.37. The van der Waals surface area contributed by atoms with Gasteiger partial charge in [0.2, 0.25) is 0 Å². The molecule has 20 heavy (non-hydrogen) atoms. The first-order valence-corrected chi connectivity index (χ1v) is 8.60. The van der Waals surface area contributed by atoms with E-state index < -0.39 is 0 Å². The maximum absolute atomic E-state index is 4.69. The molecule has 0 amide bonds. The summed E-state index contributed by atoms with van der Waals surface area (Å²) in [5.41, 5.74) is 2.72. The van der Waals surface area contributed by atoms with Crippen LogP contribution in [0.5, 0.6) is 0 Å². The van der Waals surface area contributed by atoms with Crippen molar-refractivity contribution in [1.82, 2.24) is 15.1 Å². The third kappa shape index (κ3) is 4.88. The minimum Gasteiger partial charge on any atom is -0.312 e. The Morgan fingerprint density at radius 3 is 2.35 bits per heavy atom. The molecule has 1 heterocycles. The van der Waals surface area contributed by atoms with Crippen LogP contribution >= 0.6 is 15.9 Å². The molecule has 1 aromatic rings. The molecule has 1 atom stereocenters. The summed E-state index contributed by atoms with van der Waals surface area (Å²) in [4.78, 5) is 0. The van der Waals surface area contributed by atoms with Gasteiger partial charge in [0.15, 0.2) is 0 Å². The van der Waals surface area contributed by atoms with Gasteiger partial charge in [-0.25, -0.2) is 0 Å². The molecule has 3 nitrogen and oxygen atoms in total. The number of nitrogens with zero attached hydrogens (tertiary/aromatic N) is 2. The Kier molecular flexibility index (Phi) is 6.73. The van der Waals surface area contributed by atoms with Crippen LogP contribution in [-0.2, 0) is 19.4 Å². The van der Waals surface area contributed by atoms with Gasteiger partial charge < -0.3 is 5.32 Å². The molecule has 0 radical (unpaired) electrons. The zero-order chi connectivity index (χ0) is 15.3. The predicted molar refractivity (Wildman–Crippen MR) is 90.2 cm³/mol. The second kappa shape index (κ2) is 7.60. The maximum atomic E-state index is 4.69. The van der Waals surface area contributed by atoms with Crippen LogP contribution in [0.15, 0.2) is 4.47 Å². The van der Waals surface area contributed by atoms with Crippen LogP contribution in [0.1, 0.15) is 59.4 Å². The normalized spacial score (nSPS) is 13.8. The van der Waals surface area contributed by atoms with Crippen LogP contribution in [-0.4, -0.2) is 21.9 Å². The van der Waals surface area contributed by atoms with Crippen LogP contribution in [0, 0.1) is 5.92 Å². The highest BCUT2D eigenvalue weighted by molar-refractivity contribution is 9.10. The van der Waals surface area contributed by atoms with Crippen molar-refractivity contribution in [1.29, 1.82) is 0 Å².